The van der Waals surface area contributed by atoms with Crippen LogP contribution in [-0.2, 0) is 67.0 Å². The van der Waals surface area contributed by atoms with Crippen molar-refractivity contribution in [3.05, 3.63) is 69.5 Å². The van der Waals surface area contributed by atoms with Gasteiger partial charge in [-0.25, -0.2) is 10.8 Å². The van der Waals surface area contributed by atoms with Crippen LogP contribution in [0.25, 0.3) is 9.81 Å². The van der Waals surface area contributed by atoms with Gasteiger partial charge in [0, 0.05) is 54.0 Å². The fourth-order valence-electron chi connectivity index (χ4n) is 5.05. The molecular weight excluding hydrogens is 647 g/mol. The number of rotatable bonds is 16. The van der Waals surface area contributed by atoms with Crippen molar-refractivity contribution in [1.29, 1.82) is 0 Å². The normalized spacial score (nSPS) is 12.9. The van der Waals surface area contributed by atoms with Crippen LogP contribution in [0.15, 0.2) is 47.2 Å². The van der Waals surface area contributed by atoms with E-state index in [1.165, 1.54) is 22.5 Å². The minimum absolute atomic E-state index is 0. The van der Waals surface area contributed by atoms with Gasteiger partial charge in [-0.2, -0.15) is 9.81 Å². The summed E-state index contributed by atoms with van der Waals surface area (Å²) in [7, 11) is 0. The van der Waals surface area contributed by atoms with E-state index in [4.69, 9.17) is 50.5 Å². The monoisotopic (exact) mass is 700 g/mol. The molecule has 7 heteroatoms. The van der Waals surface area contributed by atoms with E-state index in [0.717, 1.165) is 85.6 Å². The van der Waals surface area contributed by atoms with Gasteiger partial charge in [-0.15, -0.1) is 0 Å². The average molecular weight is 702 g/mol. The van der Waals surface area contributed by atoms with Crippen LogP contribution >= 0.6 is 0 Å². The largest absolute Gasteiger partial charge is 0.789 e. The van der Waals surface area contributed by atoms with E-state index in [1.807, 2.05) is 0 Å². The van der Waals surface area contributed by atoms with Crippen LogP contribution in [0.1, 0.15) is 128 Å². The SMILES string of the molecule is CCCN(CCC)c1ccc(C(C)CC)cc1/C([S-])=C/[S-].CCCN(CCC)c1ccc(C(C)CC)cc1/C([S-])=C/[S-].[Ni]. The van der Waals surface area contributed by atoms with E-state index in [1.54, 1.807) is 10.8 Å². The van der Waals surface area contributed by atoms with Gasteiger partial charge in [-0.3, -0.25) is 0 Å². The zero-order valence-electron chi connectivity index (χ0n) is 27.7. The van der Waals surface area contributed by atoms with Crippen LogP contribution in [-0.4, -0.2) is 26.2 Å². The van der Waals surface area contributed by atoms with Crippen molar-refractivity contribution < 1.29 is 16.5 Å². The molecule has 0 saturated heterocycles. The molecule has 2 rings (SSSR count). The molecule has 2 unspecified atom stereocenters. The molecule has 0 aromatic heterocycles. The average Bonchev–Trinajstić information content (AvgIpc) is 3.02. The molecule has 0 aliphatic rings. The third-order valence-corrected chi connectivity index (χ3v) is 9.25. The molecule has 246 valence electrons. The van der Waals surface area contributed by atoms with Gasteiger partial charge in [0.2, 0.25) is 0 Å². The van der Waals surface area contributed by atoms with Crippen molar-refractivity contribution in [2.24, 2.45) is 0 Å². The molecule has 2 aromatic carbocycles. The Kier molecular flexibility index (Phi) is 22.7. The number of anilines is 2. The molecule has 0 fully saturated rings. The molecule has 0 heterocycles. The van der Waals surface area contributed by atoms with E-state index in [9.17, 15) is 0 Å². The first-order chi connectivity index (χ1) is 20.2. The van der Waals surface area contributed by atoms with Gasteiger partial charge < -0.3 is 60.3 Å². The molecule has 43 heavy (non-hydrogen) atoms. The summed E-state index contributed by atoms with van der Waals surface area (Å²) < 4.78 is 0. The number of nitrogens with zero attached hydrogens (tertiary/aromatic N) is 2. The fourth-order valence-corrected chi connectivity index (χ4v) is 5.63. The molecule has 0 radical (unpaired) electrons. The van der Waals surface area contributed by atoms with Crippen molar-refractivity contribution in [3.63, 3.8) is 0 Å². The molecule has 0 saturated carbocycles. The first-order valence-corrected chi connectivity index (χ1v) is 17.7. The standard InChI is InChI=1S/2C18H29NS2.Ni/c2*1-5-10-19(11-6-2)17-9-8-15(14(4)7-3)12-16(17)18(21)13-20;/h2*8-9,12-14,20-21H,5-7,10-11H2,1-4H3;/p-4/b2*18-13-;. The van der Waals surface area contributed by atoms with Crippen LogP contribution in [0.4, 0.5) is 11.4 Å². The van der Waals surface area contributed by atoms with Crippen LogP contribution in [0.2, 0.25) is 0 Å². The Labute approximate surface area is 297 Å². The molecular formula is C36H54N2NiS4-4. The van der Waals surface area contributed by atoms with E-state index in [0.29, 0.717) is 11.8 Å². The Bertz CT molecular complexity index is 1020. The van der Waals surface area contributed by atoms with Gasteiger partial charge in [0.25, 0.3) is 0 Å². The Hall–Kier alpha value is -1.11. The zero-order chi connectivity index (χ0) is 31.7. The van der Waals surface area contributed by atoms with Gasteiger partial charge >= 0.3 is 0 Å². The first kappa shape index (κ1) is 41.9. The molecule has 0 aliphatic carbocycles. The molecule has 0 aliphatic heterocycles. The summed E-state index contributed by atoms with van der Waals surface area (Å²) in [6.45, 7) is 22.1. The smallest absolute Gasteiger partial charge is 0.0424 e. The van der Waals surface area contributed by atoms with Gasteiger partial charge in [0.15, 0.2) is 0 Å². The second-order valence-electron chi connectivity index (χ2n) is 11.1. The summed E-state index contributed by atoms with van der Waals surface area (Å²) in [6, 6.07) is 13.4. The second kappa shape index (κ2) is 23.3. The van der Waals surface area contributed by atoms with E-state index in [-0.39, 0.29) is 16.5 Å². The van der Waals surface area contributed by atoms with Gasteiger partial charge in [-0.05, 0) is 84.7 Å². The van der Waals surface area contributed by atoms with Crippen molar-refractivity contribution in [1.82, 2.24) is 0 Å². The Morgan fingerprint density at radius 1 is 0.605 bits per heavy atom. The molecule has 0 bridgehead atoms. The maximum absolute atomic E-state index is 5.49. The second-order valence-corrected chi connectivity index (χ2v) is 12.5. The molecule has 2 atom stereocenters. The maximum atomic E-state index is 5.49. The van der Waals surface area contributed by atoms with Crippen LogP contribution < -0.4 is 9.80 Å². The molecule has 0 spiro atoms. The Balaban J connectivity index is 0.000000802. The van der Waals surface area contributed by atoms with Gasteiger partial charge in [0.05, 0.1) is 0 Å². The number of hydrogen-bond donors (Lipinski definition) is 0. The van der Waals surface area contributed by atoms with Crippen LogP contribution in [0.5, 0.6) is 0 Å². The van der Waals surface area contributed by atoms with Crippen molar-refractivity contribution in [2.45, 2.75) is 106 Å². The van der Waals surface area contributed by atoms with E-state index >= 15 is 0 Å². The molecule has 2 aromatic rings. The molecule has 2 nitrogen and oxygen atoms in total. The summed E-state index contributed by atoms with van der Waals surface area (Å²) in [5.74, 6) is 1.10. The minimum Gasteiger partial charge on any atom is -0.789 e. The zero-order valence-corrected chi connectivity index (χ0v) is 31.9. The van der Waals surface area contributed by atoms with Crippen molar-refractivity contribution in [2.75, 3.05) is 36.0 Å². The Morgan fingerprint density at radius 3 is 1.14 bits per heavy atom. The van der Waals surface area contributed by atoms with Crippen LogP contribution in [0, 0.1) is 0 Å². The summed E-state index contributed by atoms with van der Waals surface area (Å²) in [5, 5.41) is 3.26. The maximum Gasteiger partial charge on any atom is 0.0424 e. The first-order valence-electron chi connectivity index (χ1n) is 15.9. The number of benzene rings is 2. The summed E-state index contributed by atoms with van der Waals surface area (Å²) in [6.07, 6.45) is 6.81. The molecule has 0 amide bonds. The van der Waals surface area contributed by atoms with E-state index < -0.39 is 0 Å². The van der Waals surface area contributed by atoms with Crippen molar-refractivity contribution >= 4 is 71.7 Å². The quantitative estimate of drug-likeness (QED) is 0.126. The molecule has 0 N–H and O–H groups in total. The number of hydrogen-bond acceptors (Lipinski definition) is 6. The Morgan fingerprint density at radius 2 is 0.907 bits per heavy atom. The fraction of sp³-hybridized carbons (Fsp3) is 0.556. The van der Waals surface area contributed by atoms with Crippen LogP contribution in [0.3, 0.4) is 0 Å². The van der Waals surface area contributed by atoms with E-state index in [2.05, 4.69) is 102 Å². The predicted molar refractivity (Wildman–Crippen MR) is 201 cm³/mol. The van der Waals surface area contributed by atoms with Gasteiger partial charge in [0.1, 0.15) is 0 Å². The third-order valence-electron chi connectivity index (χ3n) is 7.80. The topological polar surface area (TPSA) is 6.48 Å². The predicted octanol–water partition coefficient (Wildman–Crippen LogP) is 10.4. The third kappa shape index (κ3) is 13.0. The van der Waals surface area contributed by atoms with Crippen molar-refractivity contribution in [3.8, 4) is 0 Å². The summed E-state index contributed by atoms with van der Waals surface area (Å²) in [4.78, 5) is 6.42. The summed E-state index contributed by atoms with van der Waals surface area (Å²) >= 11 is 21.2. The minimum atomic E-state index is 0. The summed E-state index contributed by atoms with van der Waals surface area (Å²) in [5.41, 5.74) is 7.42. The van der Waals surface area contributed by atoms with Gasteiger partial charge in [-0.1, -0.05) is 79.7 Å².